The van der Waals surface area contributed by atoms with Gasteiger partial charge in [0.1, 0.15) is 5.82 Å². The average Bonchev–Trinajstić information content (AvgIpc) is 2.71. The second-order valence-electron chi connectivity index (χ2n) is 6.41. The van der Waals surface area contributed by atoms with E-state index in [1.165, 1.54) is 42.3 Å². The van der Waals surface area contributed by atoms with E-state index in [4.69, 9.17) is 10.5 Å². The quantitative estimate of drug-likeness (QED) is 0.234. The predicted molar refractivity (Wildman–Crippen MR) is 117 cm³/mol. The molecule has 0 unspecified atom stereocenters. The summed E-state index contributed by atoms with van der Waals surface area (Å²) in [6, 6.07) is 14.6. The van der Waals surface area contributed by atoms with Crippen LogP contribution in [0, 0.1) is 5.82 Å². The van der Waals surface area contributed by atoms with E-state index in [2.05, 4.69) is 17.1 Å². The first kappa shape index (κ1) is 22.1. The van der Waals surface area contributed by atoms with Crippen molar-refractivity contribution in [2.75, 3.05) is 6.61 Å². The Morgan fingerprint density at radius 1 is 1.14 bits per heavy atom. The number of hydrogen-bond acceptors (Lipinski definition) is 4. The second kappa shape index (κ2) is 13.1. The molecule has 0 radical (unpaired) electrons. The molecule has 4 nitrogen and oxygen atoms in total. The Labute approximate surface area is 171 Å². The third-order valence-corrected chi connectivity index (χ3v) is 4.94. The summed E-state index contributed by atoms with van der Waals surface area (Å²) in [6.07, 6.45) is 6.17. The van der Waals surface area contributed by atoms with Crippen molar-refractivity contribution in [1.82, 2.24) is 0 Å². The van der Waals surface area contributed by atoms with E-state index < -0.39 is 0 Å². The van der Waals surface area contributed by atoms with Gasteiger partial charge in [0.2, 0.25) is 0 Å². The fourth-order valence-corrected chi connectivity index (χ4v) is 3.16. The van der Waals surface area contributed by atoms with Gasteiger partial charge in [-0.05, 0) is 29.7 Å². The Balaban J connectivity index is 1.87. The van der Waals surface area contributed by atoms with Gasteiger partial charge in [0.05, 0.1) is 12.8 Å². The van der Waals surface area contributed by atoms with Crippen LogP contribution in [0.4, 0.5) is 4.39 Å². The fourth-order valence-electron chi connectivity index (χ4n) is 2.55. The van der Waals surface area contributed by atoms with Crippen LogP contribution in [0.15, 0.2) is 58.7 Å². The lowest BCUT2D eigenvalue weighted by Crippen LogP contribution is -2.06. The highest BCUT2D eigenvalue weighted by molar-refractivity contribution is 8.13. The zero-order valence-corrected chi connectivity index (χ0v) is 17.1. The summed E-state index contributed by atoms with van der Waals surface area (Å²) in [5.41, 5.74) is 8.61. The van der Waals surface area contributed by atoms with Crippen LogP contribution in [-0.2, 0) is 17.1 Å². The zero-order chi connectivity index (χ0) is 20.0. The van der Waals surface area contributed by atoms with Crippen molar-refractivity contribution in [1.29, 1.82) is 0 Å². The van der Waals surface area contributed by atoms with Gasteiger partial charge in [-0.15, -0.1) is 5.10 Å². The van der Waals surface area contributed by atoms with Crippen molar-refractivity contribution in [3.8, 4) is 0 Å². The molecule has 0 bridgehead atoms. The average molecular weight is 402 g/mol. The molecule has 0 aliphatic rings. The third kappa shape index (κ3) is 8.67. The Hall–Kier alpha value is -2.18. The number of halogens is 1. The molecule has 0 amide bonds. The summed E-state index contributed by atoms with van der Waals surface area (Å²) >= 11 is 1.42. The van der Waals surface area contributed by atoms with Crippen LogP contribution in [-0.4, -0.2) is 18.0 Å². The molecule has 0 atom stereocenters. The molecule has 0 aliphatic carbocycles. The van der Waals surface area contributed by atoms with Crippen molar-refractivity contribution >= 4 is 23.1 Å². The Kier molecular flexibility index (Phi) is 10.3. The largest absolute Gasteiger partial charge is 0.377 e. The molecule has 0 saturated carbocycles. The fraction of sp³-hybridized carbons (Fsp3) is 0.364. The molecule has 150 valence electrons. The van der Waals surface area contributed by atoms with E-state index in [9.17, 15) is 4.39 Å². The third-order valence-electron chi connectivity index (χ3n) is 4.09. The summed E-state index contributed by atoms with van der Waals surface area (Å²) in [5.74, 6) is 0.447. The molecular formula is C22H28FN3OS. The van der Waals surface area contributed by atoms with Gasteiger partial charge in [0, 0.05) is 17.9 Å². The molecule has 0 fully saturated rings. The second-order valence-corrected chi connectivity index (χ2v) is 7.41. The van der Waals surface area contributed by atoms with Crippen molar-refractivity contribution < 1.29 is 9.13 Å². The van der Waals surface area contributed by atoms with Gasteiger partial charge in [0.15, 0.2) is 5.17 Å². The summed E-state index contributed by atoms with van der Waals surface area (Å²) in [7, 11) is 0. The van der Waals surface area contributed by atoms with Crippen molar-refractivity contribution in [2.24, 2.45) is 15.9 Å². The van der Waals surface area contributed by atoms with Crippen LogP contribution in [0.3, 0.4) is 0 Å². The number of rotatable bonds is 11. The highest BCUT2D eigenvalue weighted by atomic mass is 32.2. The van der Waals surface area contributed by atoms with Crippen LogP contribution in [0.2, 0.25) is 0 Å². The first-order chi connectivity index (χ1) is 13.7. The molecule has 0 saturated heterocycles. The highest BCUT2D eigenvalue weighted by Crippen LogP contribution is 2.13. The van der Waals surface area contributed by atoms with E-state index in [0.29, 0.717) is 18.4 Å². The predicted octanol–water partition coefficient (Wildman–Crippen LogP) is 5.50. The van der Waals surface area contributed by atoms with Crippen LogP contribution in [0.5, 0.6) is 0 Å². The number of benzene rings is 2. The van der Waals surface area contributed by atoms with E-state index in [1.807, 2.05) is 30.3 Å². The van der Waals surface area contributed by atoms with Crippen molar-refractivity contribution in [3.05, 3.63) is 71.0 Å². The maximum absolute atomic E-state index is 13.6. The van der Waals surface area contributed by atoms with Gasteiger partial charge in [-0.3, -0.25) is 0 Å². The molecule has 28 heavy (non-hydrogen) atoms. The van der Waals surface area contributed by atoms with Crippen LogP contribution < -0.4 is 5.73 Å². The summed E-state index contributed by atoms with van der Waals surface area (Å²) < 4.78 is 19.3. The van der Waals surface area contributed by atoms with Gasteiger partial charge in [-0.2, -0.15) is 5.10 Å². The summed E-state index contributed by atoms with van der Waals surface area (Å²) in [6.45, 7) is 3.20. The first-order valence-corrected chi connectivity index (χ1v) is 10.6. The summed E-state index contributed by atoms with van der Waals surface area (Å²) in [5, 5.41) is 8.46. The van der Waals surface area contributed by atoms with Gasteiger partial charge < -0.3 is 10.5 Å². The normalized spacial score (nSPS) is 12.0. The lowest BCUT2D eigenvalue weighted by Gasteiger charge is -2.07. The molecule has 0 spiro atoms. The van der Waals surface area contributed by atoms with E-state index in [1.54, 1.807) is 12.3 Å². The molecule has 6 heteroatoms. The monoisotopic (exact) mass is 401 g/mol. The zero-order valence-electron chi connectivity index (χ0n) is 16.3. The number of thioether (sulfide) groups is 1. The first-order valence-electron chi connectivity index (χ1n) is 9.58. The minimum absolute atomic E-state index is 0.289. The van der Waals surface area contributed by atoms with Crippen LogP contribution >= 0.6 is 11.8 Å². The molecular weight excluding hydrogens is 373 g/mol. The SMILES string of the molecule is CCCCCCOCc1cc(F)ccc1C=NN=C(N)SCc1ccccc1. The van der Waals surface area contributed by atoms with Crippen LogP contribution in [0.25, 0.3) is 0 Å². The molecule has 2 N–H and O–H groups in total. The maximum atomic E-state index is 13.6. The number of unbranched alkanes of at least 4 members (excludes halogenated alkanes) is 3. The lowest BCUT2D eigenvalue weighted by molar-refractivity contribution is 0.116. The van der Waals surface area contributed by atoms with Crippen molar-refractivity contribution in [2.45, 2.75) is 45.0 Å². The molecule has 0 heterocycles. The Morgan fingerprint density at radius 3 is 2.75 bits per heavy atom. The van der Waals surface area contributed by atoms with Gasteiger partial charge >= 0.3 is 0 Å². The minimum atomic E-state index is -0.289. The molecule has 0 aromatic heterocycles. The smallest absolute Gasteiger partial charge is 0.180 e. The standard InChI is InChI=1S/C22H28FN3OS/c1-2-3-4-8-13-27-16-20-14-21(23)12-11-19(20)15-25-26-22(24)28-17-18-9-6-5-7-10-18/h5-7,9-12,14-15H,2-4,8,13,16-17H2,1H3,(H2,24,26). The van der Waals surface area contributed by atoms with Crippen molar-refractivity contribution in [3.63, 3.8) is 0 Å². The molecule has 2 rings (SSSR count). The van der Waals surface area contributed by atoms with E-state index in [-0.39, 0.29) is 5.82 Å². The number of ether oxygens (including phenoxy) is 1. The van der Waals surface area contributed by atoms with Gasteiger partial charge in [-0.25, -0.2) is 4.39 Å². The number of nitrogens with two attached hydrogens (primary N) is 1. The molecule has 0 aliphatic heterocycles. The number of nitrogens with zero attached hydrogens (tertiary/aromatic N) is 2. The number of hydrogen-bond donors (Lipinski definition) is 1. The van der Waals surface area contributed by atoms with Gasteiger partial charge in [-0.1, -0.05) is 74.3 Å². The Morgan fingerprint density at radius 2 is 1.96 bits per heavy atom. The van der Waals surface area contributed by atoms with E-state index >= 15 is 0 Å². The van der Waals surface area contributed by atoms with Gasteiger partial charge in [0.25, 0.3) is 0 Å². The Bertz CT molecular complexity index is 766. The maximum Gasteiger partial charge on any atom is 0.180 e. The van der Waals surface area contributed by atoms with Crippen LogP contribution in [0.1, 0.15) is 49.3 Å². The minimum Gasteiger partial charge on any atom is -0.377 e. The number of amidine groups is 1. The topological polar surface area (TPSA) is 60.0 Å². The molecule has 2 aromatic rings. The summed E-state index contributed by atoms with van der Waals surface area (Å²) in [4.78, 5) is 0. The molecule has 2 aromatic carbocycles. The highest BCUT2D eigenvalue weighted by Gasteiger charge is 2.03. The van der Waals surface area contributed by atoms with E-state index in [0.717, 1.165) is 29.7 Å². The lowest BCUT2D eigenvalue weighted by atomic mass is 10.1.